The Balaban J connectivity index is 1.70. The van der Waals surface area contributed by atoms with Crippen LogP contribution in [0.15, 0.2) is 23.2 Å². The van der Waals surface area contributed by atoms with Gasteiger partial charge in [-0.2, -0.15) is 0 Å². The molecule has 2 fully saturated rings. The Morgan fingerprint density at radius 2 is 2.05 bits per heavy atom. The van der Waals surface area contributed by atoms with Gasteiger partial charge in [0.15, 0.2) is 0 Å². The molecule has 3 heteroatoms. The van der Waals surface area contributed by atoms with Gasteiger partial charge in [0.1, 0.15) is 5.60 Å². The zero-order valence-corrected chi connectivity index (χ0v) is 16.0. The summed E-state index contributed by atoms with van der Waals surface area (Å²) in [5, 5.41) is 0. The Morgan fingerprint density at radius 1 is 1.27 bits per heavy atom. The second-order valence-corrected chi connectivity index (χ2v) is 9.23. The SMILES string of the molecule is Cc1cccc(C2=NC[C@@]3(C[C@H]4CC[C@]3(C)C4(C)C)O2)c1I. The molecule has 0 aromatic heterocycles. The molecular formula is C19H24INO. The topological polar surface area (TPSA) is 21.6 Å². The first-order valence-corrected chi connectivity index (χ1v) is 9.38. The number of hydrogen-bond acceptors (Lipinski definition) is 2. The molecule has 1 aromatic rings. The van der Waals surface area contributed by atoms with E-state index in [1.807, 2.05) is 0 Å². The van der Waals surface area contributed by atoms with Crippen molar-refractivity contribution in [1.29, 1.82) is 0 Å². The first-order chi connectivity index (χ1) is 10.3. The van der Waals surface area contributed by atoms with Crippen molar-refractivity contribution in [2.45, 2.75) is 52.6 Å². The molecule has 1 aromatic carbocycles. The number of aliphatic imine (C=N–C) groups is 1. The largest absolute Gasteiger partial charge is 0.468 e. The van der Waals surface area contributed by atoms with Crippen molar-refractivity contribution >= 4 is 28.5 Å². The number of hydrogen-bond donors (Lipinski definition) is 0. The van der Waals surface area contributed by atoms with Crippen LogP contribution in [0.3, 0.4) is 0 Å². The highest BCUT2D eigenvalue weighted by Crippen LogP contribution is 2.71. The van der Waals surface area contributed by atoms with E-state index in [0.717, 1.165) is 18.4 Å². The Hall–Kier alpha value is -0.580. The molecule has 2 bridgehead atoms. The van der Waals surface area contributed by atoms with Crippen molar-refractivity contribution in [3.05, 3.63) is 32.9 Å². The Labute approximate surface area is 146 Å². The zero-order valence-electron chi connectivity index (χ0n) is 13.9. The number of benzene rings is 1. The molecule has 2 saturated carbocycles. The first-order valence-electron chi connectivity index (χ1n) is 8.30. The molecule has 3 aliphatic rings. The fourth-order valence-electron chi connectivity index (χ4n) is 5.19. The highest BCUT2D eigenvalue weighted by Gasteiger charge is 2.71. The lowest BCUT2D eigenvalue weighted by molar-refractivity contribution is -0.0559. The Kier molecular flexibility index (Phi) is 3.06. The summed E-state index contributed by atoms with van der Waals surface area (Å²) in [7, 11) is 0. The van der Waals surface area contributed by atoms with Crippen LogP contribution in [0.1, 0.15) is 51.2 Å². The van der Waals surface area contributed by atoms with Gasteiger partial charge in [0.2, 0.25) is 5.90 Å². The van der Waals surface area contributed by atoms with Crippen LogP contribution in [0.25, 0.3) is 0 Å². The zero-order chi connectivity index (χ0) is 15.8. The van der Waals surface area contributed by atoms with Gasteiger partial charge in [-0.05, 0) is 71.7 Å². The molecule has 4 rings (SSSR count). The molecule has 0 N–H and O–H groups in total. The lowest BCUT2D eigenvalue weighted by atomic mass is 9.64. The van der Waals surface area contributed by atoms with Gasteiger partial charge in [-0.1, -0.05) is 32.9 Å². The van der Waals surface area contributed by atoms with Crippen molar-refractivity contribution < 1.29 is 4.74 Å². The van der Waals surface area contributed by atoms with E-state index in [9.17, 15) is 0 Å². The molecule has 0 unspecified atom stereocenters. The molecule has 0 radical (unpaired) electrons. The lowest BCUT2D eigenvalue weighted by Crippen LogP contribution is -2.49. The van der Waals surface area contributed by atoms with Gasteiger partial charge in [0.25, 0.3) is 0 Å². The van der Waals surface area contributed by atoms with E-state index in [-0.39, 0.29) is 11.0 Å². The van der Waals surface area contributed by atoms with Crippen molar-refractivity contribution in [2.75, 3.05) is 6.54 Å². The van der Waals surface area contributed by atoms with Gasteiger partial charge in [0.05, 0.1) is 6.54 Å². The predicted molar refractivity (Wildman–Crippen MR) is 98.3 cm³/mol. The number of nitrogens with zero attached hydrogens (tertiary/aromatic N) is 1. The normalized spacial score (nSPS) is 38.4. The maximum Gasteiger partial charge on any atom is 0.217 e. The van der Waals surface area contributed by atoms with Crippen LogP contribution in [-0.4, -0.2) is 18.0 Å². The number of aryl methyl sites for hydroxylation is 1. The van der Waals surface area contributed by atoms with Crippen LogP contribution in [0, 0.1) is 27.2 Å². The van der Waals surface area contributed by atoms with E-state index in [2.05, 4.69) is 68.5 Å². The molecule has 0 saturated heterocycles. The van der Waals surface area contributed by atoms with Crippen molar-refractivity contribution in [3.63, 3.8) is 0 Å². The molecule has 118 valence electrons. The fraction of sp³-hybridized carbons (Fsp3) is 0.632. The van der Waals surface area contributed by atoms with E-state index in [1.54, 1.807) is 0 Å². The maximum atomic E-state index is 6.65. The number of ether oxygens (including phenoxy) is 1. The standard InChI is InChI=1S/C19H24INO/c1-12-6-5-7-14(15(12)20)16-21-11-19(22-16)10-13-8-9-18(19,4)17(13,2)3/h5-7,13H,8-11H2,1-4H3/t13-,18-,19-/m1/s1. The van der Waals surface area contributed by atoms with Crippen molar-refractivity contribution in [3.8, 4) is 0 Å². The molecule has 1 aliphatic heterocycles. The van der Waals surface area contributed by atoms with Crippen LogP contribution in [0.2, 0.25) is 0 Å². The first kappa shape index (κ1) is 15.0. The Morgan fingerprint density at radius 3 is 2.68 bits per heavy atom. The third-order valence-electron chi connectivity index (χ3n) is 7.21. The second kappa shape index (κ2) is 4.49. The van der Waals surface area contributed by atoms with Crippen LogP contribution in [-0.2, 0) is 4.74 Å². The summed E-state index contributed by atoms with van der Waals surface area (Å²) in [6, 6.07) is 6.40. The van der Waals surface area contributed by atoms with Gasteiger partial charge in [-0.3, -0.25) is 0 Å². The summed E-state index contributed by atoms with van der Waals surface area (Å²) in [4.78, 5) is 4.86. The minimum Gasteiger partial charge on any atom is -0.468 e. The van der Waals surface area contributed by atoms with Crippen molar-refractivity contribution in [1.82, 2.24) is 0 Å². The average molecular weight is 409 g/mol. The molecule has 1 heterocycles. The van der Waals surface area contributed by atoms with Crippen LogP contribution in [0.4, 0.5) is 0 Å². The molecular weight excluding hydrogens is 385 g/mol. The van der Waals surface area contributed by atoms with Crippen LogP contribution < -0.4 is 0 Å². The van der Waals surface area contributed by atoms with Crippen LogP contribution >= 0.6 is 22.6 Å². The third kappa shape index (κ3) is 1.64. The van der Waals surface area contributed by atoms with E-state index >= 15 is 0 Å². The molecule has 2 aliphatic carbocycles. The quantitative estimate of drug-likeness (QED) is 0.601. The summed E-state index contributed by atoms with van der Waals surface area (Å²) in [5.74, 6) is 1.65. The third-order valence-corrected chi connectivity index (χ3v) is 8.64. The molecule has 2 nitrogen and oxygen atoms in total. The predicted octanol–water partition coefficient (Wildman–Crippen LogP) is 4.96. The minimum atomic E-state index is -0.0679. The summed E-state index contributed by atoms with van der Waals surface area (Å²) >= 11 is 2.42. The number of halogens is 1. The van der Waals surface area contributed by atoms with Gasteiger partial charge in [-0.25, -0.2) is 4.99 Å². The highest BCUT2D eigenvalue weighted by molar-refractivity contribution is 14.1. The van der Waals surface area contributed by atoms with E-state index in [4.69, 9.17) is 9.73 Å². The van der Waals surface area contributed by atoms with Gasteiger partial charge in [0, 0.05) is 14.5 Å². The minimum absolute atomic E-state index is 0.0679. The smallest absolute Gasteiger partial charge is 0.217 e. The summed E-state index contributed by atoms with van der Waals surface area (Å²) < 4.78 is 7.92. The average Bonchev–Trinajstić information content (AvgIpc) is 3.03. The van der Waals surface area contributed by atoms with Gasteiger partial charge in [-0.15, -0.1) is 0 Å². The molecule has 1 spiro atoms. The Bertz CT molecular complexity index is 680. The molecule has 3 atom stereocenters. The van der Waals surface area contributed by atoms with E-state index < -0.39 is 0 Å². The van der Waals surface area contributed by atoms with E-state index in [1.165, 1.54) is 34.0 Å². The van der Waals surface area contributed by atoms with Crippen molar-refractivity contribution in [2.24, 2.45) is 21.7 Å². The van der Waals surface area contributed by atoms with Crippen LogP contribution in [0.5, 0.6) is 0 Å². The maximum absolute atomic E-state index is 6.65. The lowest BCUT2D eigenvalue weighted by Gasteiger charge is -2.45. The summed E-state index contributed by atoms with van der Waals surface area (Å²) in [6.07, 6.45) is 3.80. The van der Waals surface area contributed by atoms with E-state index in [0.29, 0.717) is 5.41 Å². The molecule has 0 amide bonds. The number of rotatable bonds is 1. The summed E-state index contributed by atoms with van der Waals surface area (Å²) in [6.45, 7) is 10.3. The second-order valence-electron chi connectivity index (χ2n) is 8.15. The molecule has 22 heavy (non-hydrogen) atoms. The monoisotopic (exact) mass is 409 g/mol. The fourth-order valence-corrected chi connectivity index (χ4v) is 5.78. The summed E-state index contributed by atoms with van der Waals surface area (Å²) in [5.41, 5.74) is 3.00. The van der Waals surface area contributed by atoms with Gasteiger partial charge < -0.3 is 4.74 Å². The van der Waals surface area contributed by atoms with Gasteiger partial charge >= 0.3 is 0 Å². The highest BCUT2D eigenvalue weighted by atomic mass is 127. The number of fused-ring (bicyclic) bond motifs is 3.